The number of nitrogens with one attached hydrogen (secondary N) is 3. The molecule has 2 unspecified atom stereocenters. The van der Waals surface area contributed by atoms with Crippen LogP contribution in [0.2, 0.25) is 0 Å². The Bertz CT molecular complexity index is 986. The van der Waals surface area contributed by atoms with Crippen molar-refractivity contribution in [2.75, 3.05) is 19.6 Å². The first-order valence-electron chi connectivity index (χ1n) is 10.0. The lowest BCUT2D eigenvalue weighted by molar-refractivity contribution is -0.126. The number of amides is 1. The summed E-state index contributed by atoms with van der Waals surface area (Å²) < 4.78 is 46.0. The quantitative estimate of drug-likeness (QED) is 0.637. The minimum atomic E-state index is -3.81. The van der Waals surface area contributed by atoms with Gasteiger partial charge in [-0.3, -0.25) is 10.2 Å². The summed E-state index contributed by atoms with van der Waals surface area (Å²) in [5.41, 5.74) is 6.82. The van der Waals surface area contributed by atoms with Gasteiger partial charge in [0.25, 0.3) is 10.0 Å². The molecular formula is C20H25FN4O4S. The van der Waals surface area contributed by atoms with Gasteiger partial charge in [-0.15, -0.1) is 0 Å². The van der Waals surface area contributed by atoms with Crippen LogP contribution >= 0.6 is 0 Å². The molecule has 2 saturated heterocycles. The van der Waals surface area contributed by atoms with Crippen molar-refractivity contribution in [1.29, 1.82) is 0 Å². The van der Waals surface area contributed by atoms with Crippen molar-refractivity contribution in [2.24, 2.45) is 5.92 Å². The van der Waals surface area contributed by atoms with Crippen molar-refractivity contribution >= 4 is 15.9 Å². The highest BCUT2D eigenvalue weighted by Gasteiger charge is 2.35. The third-order valence-electron chi connectivity index (χ3n) is 5.51. The van der Waals surface area contributed by atoms with Gasteiger partial charge in [-0.1, -0.05) is 12.1 Å². The fraction of sp³-hybridized carbons (Fsp3) is 0.450. The molecular weight excluding hydrogens is 411 g/mol. The Morgan fingerprint density at radius 3 is 2.73 bits per heavy atom. The van der Waals surface area contributed by atoms with Gasteiger partial charge in [0.05, 0.1) is 12.0 Å². The van der Waals surface area contributed by atoms with E-state index in [9.17, 15) is 17.6 Å². The number of benzene rings is 1. The molecule has 0 spiro atoms. The zero-order chi connectivity index (χ0) is 21.1. The Balaban J connectivity index is 1.38. The summed E-state index contributed by atoms with van der Waals surface area (Å²) >= 11 is 0. The van der Waals surface area contributed by atoms with Crippen molar-refractivity contribution in [3.8, 4) is 0 Å². The maximum atomic E-state index is 13.0. The molecule has 2 aliphatic rings. The molecule has 2 aliphatic heterocycles. The Kier molecular flexibility index (Phi) is 6.19. The second kappa shape index (κ2) is 8.84. The van der Waals surface area contributed by atoms with Crippen LogP contribution in [0.3, 0.4) is 0 Å². The van der Waals surface area contributed by atoms with Crippen LogP contribution in [0.5, 0.6) is 0 Å². The van der Waals surface area contributed by atoms with Crippen LogP contribution in [0.25, 0.3) is 0 Å². The molecule has 10 heteroatoms. The number of rotatable bonds is 6. The third-order valence-corrected chi connectivity index (χ3v) is 7.25. The molecule has 30 heavy (non-hydrogen) atoms. The van der Waals surface area contributed by atoms with E-state index in [0.717, 1.165) is 18.5 Å². The number of halogens is 1. The maximum Gasteiger partial charge on any atom is 0.276 e. The topological polar surface area (TPSA) is 104 Å². The monoisotopic (exact) mass is 436 g/mol. The van der Waals surface area contributed by atoms with Crippen molar-refractivity contribution < 1.29 is 22.0 Å². The van der Waals surface area contributed by atoms with Gasteiger partial charge in [-0.25, -0.2) is 18.2 Å². The lowest BCUT2D eigenvalue weighted by Gasteiger charge is -2.30. The third kappa shape index (κ3) is 4.56. The van der Waals surface area contributed by atoms with Crippen LogP contribution in [0.4, 0.5) is 4.39 Å². The molecule has 162 valence electrons. The van der Waals surface area contributed by atoms with E-state index in [0.29, 0.717) is 25.1 Å². The lowest BCUT2D eigenvalue weighted by Crippen LogP contribution is -2.45. The Hall–Kier alpha value is -2.27. The summed E-state index contributed by atoms with van der Waals surface area (Å²) in [7, 11) is -3.81. The number of carbonyl (C=O) groups is 1. The first-order chi connectivity index (χ1) is 14.4. The molecule has 2 fully saturated rings. The van der Waals surface area contributed by atoms with Gasteiger partial charge in [0.15, 0.2) is 0 Å². The average molecular weight is 437 g/mol. The SMILES string of the molecule is O=C(NCc1ccc(F)cc1)C1CCCN(S(=O)(=O)c2ccc(C3CCNN3)o2)C1. The number of sulfonamides is 1. The van der Waals surface area contributed by atoms with Crippen molar-refractivity contribution in [2.45, 2.75) is 36.9 Å². The summed E-state index contributed by atoms with van der Waals surface area (Å²) in [5.74, 6) is -0.409. The first kappa shape index (κ1) is 21.0. The van der Waals surface area contributed by atoms with Crippen molar-refractivity contribution in [3.63, 3.8) is 0 Å². The average Bonchev–Trinajstić information content (AvgIpc) is 3.45. The predicted octanol–water partition coefficient (Wildman–Crippen LogP) is 1.67. The molecule has 1 amide bonds. The van der Waals surface area contributed by atoms with E-state index < -0.39 is 15.9 Å². The summed E-state index contributed by atoms with van der Waals surface area (Å²) in [4.78, 5) is 12.6. The van der Waals surface area contributed by atoms with Gasteiger partial charge in [0.2, 0.25) is 11.0 Å². The van der Waals surface area contributed by atoms with Gasteiger partial charge in [0.1, 0.15) is 11.6 Å². The highest BCUT2D eigenvalue weighted by Crippen LogP contribution is 2.28. The molecule has 3 heterocycles. The Labute approximate surface area is 174 Å². The van der Waals surface area contributed by atoms with E-state index in [1.165, 1.54) is 22.5 Å². The molecule has 0 radical (unpaired) electrons. The highest BCUT2D eigenvalue weighted by molar-refractivity contribution is 7.89. The van der Waals surface area contributed by atoms with E-state index in [4.69, 9.17) is 4.42 Å². The molecule has 4 rings (SSSR count). The molecule has 1 aromatic heterocycles. The summed E-state index contributed by atoms with van der Waals surface area (Å²) in [6.45, 7) is 1.51. The summed E-state index contributed by atoms with van der Waals surface area (Å²) in [5, 5.41) is 2.72. The number of hydrazine groups is 1. The number of nitrogens with zero attached hydrogens (tertiary/aromatic N) is 1. The van der Waals surface area contributed by atoms with Gasteiger partial charge in [-0.05, 0) is 49.1 Å². The normalized spacial score (nSPS) is 22.8. The second-order valence-electron chi connectivity index (χ2n) is 7.62. The van der Waals surface area contributed by atoms with Gasteiger partial charge in [-0.2, -0.15) is 4.31 Å². The molecule has 1 aromatic carbocycles. The van der Waals surface area contributed by atoms with Crippen LogP contribution in [-0.2, 0) is 21.4 Å². The first-order valence-corrected chi connectivity index (χ1v) is 11.5. The standard InChI is InChI=1S/C20H25FN4O4S/c21-16-5-3-14(4-6-16)12-22-20(26)15-2-1-11-25(13-15)30(27,28)19-8-7-18(29-19)17-9-10-23-24-17/h3-8,15,17,23-24H,1-2,9-13H2,(H,22,26). The zero-order valence-electron chi connectivity index (χ0n) is 16.4. The molecule has 2 atom stereocenters. The van der Waals surface area contributed by atoms with Crippen molar-refractivity contribution in [3.05, 3.63) is 53.5 Å². The molecule has 0 saturated carbocycles. The smallest absolute Gasteiger partial charge is 0.276 e. The van der Waals surface area contributed by atoms with Gasteiger partial charge in [0, 0.05) is 26.2 Å². The van der Waals surface area contributed by atoms with E-state index in [-0.39, 0.29) is 35.9 Å². The summed E-state index contributed by atoms with van der Waals surface area (Å²) in [6, 6.07) is 8.99. The van der Waals surface area contributed by atoms with E-state index in [2.05, 4.69) is 16.2 Å². The minimum absolute atomic E-state index is 0.0553. The molecule has 2 aromatic rings. The number of hydrogen-bond acceptors (Lipinski definition) is 6. The van der Waals surface area contributed by atoms with Crippen LogP contribution in [0, 0.1) is 11.7 Å². The lowest BCUT2D eigenvalue weighted by atomic mass is 9.99. The Morgan fingerprint density at radius 2 is 2.00 bits per heavy atom. The fourth-order valence-electron chi connectivity index (χ4n) is 3.80. The number of carbonyl (C=O) groups excluding carboxylic acids is 1. The van der Waals surface area contributed by atoms with Crippen LogP contribution in [-0.4, -0.2) is 38.3 Å². The predicted molar refractivity (Wildman–Crippen MR) is 107 cm³/mol. The Morgan fingerprint density at radius 1 is 1.20 bits per heavy atom. The molecule has 8 nitrogen and oxygen atoms in total. The fourth-order valence-corrected chi connectivity index (χ4v) is 5.24. The molecule has 0 bridgehead atoms. The zero-order valence-corrected chi connectivity index (χ0v) is 17.3. The largest absolute Gasteiger partial charge is 0.447 e. The molecule has 3 N–H and O–H groups in total. The summed E-state index contributed by atoms with van der Waals surface area (Å²) in [6.07, 6.45) is 2.02. The van der Waals surface area contributed by atoms with E-state index in [1.807, 2.05) is 0 Å². The minimum Gasteiger partial charge on any atom is -0.447 e. The van der Waals surface area contributed by atoms with E-state index >= 15 is 0 Å². The van der Waals surface area contributed by atoms with Crippen LogP contribution in [0.1, 0.15) is 36.6 Å². The van der Waals surface area contributed by atoms with Crippen molar-refractivity contribution in [1.82, 2.24) is 20.5 Å². The van der Waals surface area contributed by atoms with Crippen LogP contribution < -0.4 is 16.2 Å². The number of hydrogen-bond donors (Lipinski definition) is 3. The number of furan rings is 1. The van der Waals surface area contributed by atoms with E-state index in [1.54, 1.807) is 18.2 Å². The maximum absolute atomic E-state index is 13.0. The second-order valence-corrected chi connectivity index (χ2v) is 9.48. The highest BCUT2D eigenvalue weighted by atomic mass is 32.2. The van der Waals surface area contributed by atoms with Crippen LogP contribution in [0.15, 0.2) is 45.9 Å². The van der Waals surface area contributed by atoms with Gasteiger partial charge >= 0.3 is 0 Å². The number of piperidine rings is 1. The molecule has 0 aliphatic carbocycles. The van der Waals surface area contributed by atoms with Gasteiger partial charge < -0.3 is 9.73 Å².